The quantitative estimate of drug-likeness (QED) is 0.912. The Morgan fingerprint density at radius 3 is 2.90 bits per heavy atom. The van der Waals surface area contributed by atoms with Crippen LogP contribution < -0.4 is 5.32 Å². The molecule has 112 valence electrons. The van der Waals surface area contributed by atoms with Crippen molar-refractivity contribution in [3.63, 3.8) is 0 Å². The van der Waals surface area contributed by atoms with Gasteiger partial charge in [0.05, 0.1) is 11.7 Å². The molecular formula is C18H25N3. The van der Waals surface area contributed by atoms with Crippen molar-refractivity contribution < 1.29 is 0 Å². The maximum absolute atomic E-state index is 4.88. The summed E-state index contributed by atoms with van der Waals surface area (Å²) >= 11 is 0. The van der Waals surface area contributed by atoms with Crippen LogP contribution in [0.4, 0.5) is 5.82 Å². The van der Waals surface area contributed by atoms with Gasteiger partial charge in [-0.2, -0.15) is 5.10 Å². The molecule has 3 nitrogen and oxygen atoms in total. The number of hydrogen-bond acceptors (Lipinski definition) is 2. The van der Waals surface area contributed by atoms with Crippen molar-refractivity contribution in [1.82, 2.24) is 9.78 Å². The third-order valence-corrected chi connectivity index (χ3v) is 4.33. The molecule has 0 aliphatic carbocycles. The van der Waals surface area contributed by atoms with Gasteiger partial charge in [-0.1, -0.05) is 38.1 Å². The van der Waals surface area contributed by atoms with Gasteiger partial charge in [0.25, 0.3) is 0 Å². The summed E-state index contributed by atoms with van der Waals surface area (Å²) in [5, 5.41) is 8.37. The number of fused-ring (bicyclic) bond motifs is 1. The Bertz CT molecular complexity index is 613. The van der Waals surface area contributed by atoms with Gasteiger partial charge in [-0.3, -0.25) is 0 Å². The topological polar surface area (TPSA) is 29.9 Å². The highest BCUT2D eigenvalue weighted by atomic mass is 15.4. The van der Waals surface area contributed by atoms with Crippen molar-refractivity contribution in [2.75, 3.05) is 11.9 Å². The van der Waals surface area contributed by atoms with E-state index in [1.54, 1.807) is 0 Å². The van der Waals surface area contributed by atoms with E-state index in [4.69, 9.17) is 5.10 Å². The van der Waals surface area contributed by atoms with Gasteiger partial charge < -0.3 is 5.32 Å². The molecule has 0 saturated carbocycles. The number of nitrogens with one attached hydrogen (secondary N) is 1. The van der Waals surface area contributed by atoms with Crippen LogP contribution >= 0.6 is 0 Å². The SMILES string of the molecule is Cc1ccccc1C1CCNc2cc(CCC(C)C)nn21. The maximum Gasteiger partial charge on any atom is 0.125 e. The molecular weight excluding hydrogens is 258 g/mol. The first kappa shape index (κ1) is 14.2. The first-order valence-electron chi connectivity index (χ1n) is 8.03. The third-order valence-electron chi connectivity index (χ3n) is 4.33. The molecule has 1 aliphatic rings. The molecule has 0 bridgehead atoms. The van der Waals surface area contributed by atoms with Crippen molar-refractivity contribution in [2.24, 2.45) is 5.92 Å². The van der Waals surface area contributed by atoms with Gasteiger partial charge in [-0.25, -0.2) is 4.68 Å². The number of nitrogens with zero attached hydrogens (tertiary/aromatic N) is 2. The van der Waals surface area contributed by atoms with Crippen molar-refractivity contribution in [2.45, 2.75) is 46.1 Å². The van der Waals surface area contributed by atoms with Crippen LogP contribution in [0.25, 0.3) is 0 Å². The van der Waals surface area contributed by atoms with Gasteiger partial charge >= 0.3 is 0 Å². The smallest absolute Gasteiger partial charge is 0.125 e. The number of anilines is 1. The highest BCUT2D eigenvalue weighted by Crippen LogP contribution is 2.31. The Morgan fingerprint density at radius 1 is 1.33 bits per heavy atom. The fraction of sp³-hybridized carbons (Fsp3) is 0.500. The van der Waals surface area contributed by atoms with Crippen LogP contribution in [0.5, 0.6) is 0 Å². The number of aryl methyl sites for hydroxylation is 2. The lowest BCUT2D eigenvalue weighted by molar-refractivity contribution is 0.473. The lowest BCUT2D eigenvalue weighted by Gasteiger charge is -2.27. The zero-order chi connectivity index (χ0) is 14.8. The Kier molecular flexibility index (Phi) is 4.00. The minimum Gasteiger partial charge on any atom is -0.370 e. The second kappa shape index (κ2) is 5.92. The summed E-state index contributed by atoms with van der Waals surface area (Å²) in [6.07, 6.45) is 3.37. The highest BCUT2D eigenvalue weighted by Gasteiger charge is 2.24. The molecule has 21 heavy (non-hydrogen) atoms. The second-order valence-corrected chi connectivity index (χ2v) is 6.49. The molecule has 2 heterocycles. The van der Waals surface area contributed by atoms with Gasteiger partial charge in [-0.05, 0) is 43.2 Å². The Hall–Kier alpha value is -1.77. The standard InChI is InChI=1S/C18H25N3/c1-13(2)8-9-15-12-18-19-11-10-17(21(18)20-15)16-7-5-4-6-14(16)3/h4-7,12-13,17,19H,8-11H2,1-3H3. The van der Waals surface area contributed by atoms with Gasteiger partial charge in [0.1, 0.15) is 5.82 Å². The summed E-state index contributed by atoms with van der Waals surface area (Å²) in [4.78, 5) is 0. The van der Waals surface area contributed by atoms with Crippen molar-refractivity contribution in [3.8, 4) is 0 Å². The van der Waals surface area contributed by atoms with E-state index in [2.05, 4.69) is 61.1 Å². The summed E-state index contributed by atoms with van der Waals surface area (Å²) in [7, 11) is 0. The Balaban J connectivity index is 1.89. The van der Waals surface area contributed by atoms with Gasteiger partial charge in [0.15, 0.2) is 0 Å². The maximum atomic E-state index is 4.88. The van der Waals surface area contributed by atoms with Crippen LogP contribution in [0.15, 0.2) is 30.3 Å². The first-order chi connectivity index (χ1) is 10.1. The molecule has 0 saturated heterocycles. The molecule has 3 heteroatoms. The van der Waals surface area contributed by atoms with E-state index in [-0.39, 0.29) is 0 Å². The zero-order valence-corrected chi connectivity index (χ0v) is 13.3. The third kappa shape index (κ3) is 2.97. The van der Waals surface area contributed by atoms with E-state index >= 15 is 0 Å². The molecule has 1 N–H and O–H groups in total. The Morgan fingerprint density at radius 2 is 2.14 bits per heavy atom. The van der Waals surface area contributed by atoms with E-state index in [9.17, 15) is 0 Å². The minimum absolute atomic E-state index is 0.371. The summed E-state index contributed by atoms with van der Waals surface area (Å²) in [6, 6.07) is 11.3. The van der Waals surface area contributed by atoms with E-state index < -0.39 is 0 Å². The fourth-order valence-electron chi connectivity index (χ4n) is 3.08. The molecule has 1 atom stereocenters. The first-order valence-corrected chi connectivity index (χ1v) is 8.03. The Labute approximate surface area is 127 Å². The summed E-state index contributed by atoms with van der Waals surface area (Å²) < 4.78 is 2.20. The molecule has 0 spiro atoms. The van der Waals surface area contributed by atoms with E-state index in [0.717, 1.165) is 25.3 Å². The van der Waals surface area contributed by atoms with Crippen LogP contribution in [-0.4, -0.2) is 16.3 Å². The predicted molar refractivity (Wildman–Crippen MR) is 87.8 cm³/mol. The molecule has 0 amide bonds. The molecule has 1 aromatic carbocycles. The molecule has 1 unspecified atom stereocenters. The molecule has 0 radical (unpaired) electrons. The lowest BCUT2D eigenvalue weighted by Crippen LogP contribution is -2.24. The summed E-state index contributed by atoms with van der Waals surface area (Å²) in [5.74, 6) is 1.90. The van der Waals surface area contributed by atoms with Crippen LogP contribution in [0.2, 0.25) is 0 Å². The second-order valence-electron chi connectivity index (χ2n) is 6.49. The monoisotopic (exact) mass is 283 g/mol. The molecule has 2 aromatic rings. The van der Waals surface area contributed by atoms with Crippen LogP contribution in [0.1, 0.15) is 49.6 Å². The van der Waals surface area contributed by atoms with Crippen molar-refractivity contribution in [3.05, 3.63) is 47.2 Å². The molecule has 0 fully saturated rings. The van der Waals surface area contributed by atoms with Gasteiger partial charge in [0, 0.05) is 12.6 Å². The largest absolute Gasteiger partial charge is 0.370 e. The lowest BCUT2D eigenvalue weighted by atomic mass is 9.98. The minimum atomic E-state index is 0.371. The van der Waals surface area contributed by atoms with Crippen molar-refractivity contribution >= 4 is 5.82 Å². The number of benzene rings is 1. The highest BCUT2D eigenvalue weighted by molar-refractivity contribution is 5.42. The normalized spacial score (nSPS) is 17.6. The zero-order valence-electron chi connectivity index (χ0n) is 13.3. The van der Waals surface area contributed by atoms with Crippen LogP contribution in [-0.2, 0) is 6.42 Å². The average molecular weight is 283 g/mol. The van der Waals surface area contributed by atoms with Gasteiger partial charge in [0.2, 0.25) is 0 Å². The van der Waals surface area contributed by atoms with E-state index in [1.165, 1.54) is 29.1 Å². The van der Waals surface area contributed by atoms with E-state index in [0.29, 0.717) is 6.04 Å². The number of hydrogen-bond donors (Lipinski definition) is 1. The summed E-state index contributed by atoms with van der Waals surface area (Å²) in [5.41, 5.74) is 3.97. The molecule has 1 aromatic heterocycles. The predicted octanol–water partition coefficient (Wildman–Crippen LogP) is 4.19. The van der Waals surface area contributed by atoms with Crippen LogP contribution in [0, 0.1) is 12.8 Å². The fourth-order valence-corrected chi connectivity index (χ4v) is 3.08. The van der Waals surface area contributed by atoms with Crippen LogP contribution in [0.3, 0.4) is 0 Å². The number of rotatable bonds is 4. The van der Waals surface area contributed by atoms with E-state index in [1.807, 2.05) is 0 Å². The van der Waals surface area contributed by atoms with Crippen molar-refractivity contribution in [1.29, 1.82) is 0 Å². The molecule has 1 aliphatic heterocycles. The number of aromatic nitrogens is 2. The van der Waals surface area contributed by atoms with Gasteiger partial charge in [-0.15, -0.1) is 0 Å². The molecule has 3 rings (SSSR count). The average Bonchev–Trinajstić information content (AvgIpc) is 2.88. The summed E-state index contributed by atoms with van der Waals surface area (Å²) in [6.45, 7) is 7.75.